The first-order valence-electron chi connectivity index (χ1n) is 9.54. The number of rotatable bonds is 5. The van der Waals surface area contributed by atoms with Crippen molar-refractivity contribution in [2.75, 3.05) is 18.1 Å². The summed E-state index contributed by atoms with van der Waals surface area (Å²) < 4.78 is 7.90. The van der Waals surface area contributed by atoms with Crippen molar-refractivity contribution >= 4 is 48.5 Å². The van der Waals surface area contributed by atoms with Gasteiger partial charge >= 0.3 is 0 Å². The standard InChI is InChI=1S/C22H23BrN2O2S/c1-14-5-6-15(2)16(10-14)11-21(26)25(13-18-4-3-9-27-18)22-24-19-8-7-17(23)12-20(19)28-22/h5-8,10,12,18H,3-4,9,11,13H2,1-2H3. The second-order valence-corrected chi connectivity index (χ2v) is 9.28. The van der Waals surface area contributed by atoms with Crippen LogP contribution in [0.4, 0.5) is 5.13 Å². The van der Waals surface area contributed by atoms with Crippen LogP contribution in [0.25, 0.3) is 10.2 Å². The number of fused-ring (bicyclic) bond motifs is 1. The number of carbonyl (C=O) groups excluding carboxylic acids is 1. The van der Waals surface area contributed by atoms with Gasteiger partial charge in [0.2, 0.25) is 5.91 Å². The normalized spacial score (nSPS) is 16.6. The van der Waals surface area contributed by atoms with E-state index in [2.05, 4.69) is 54.0 Å². The number of carbonyl (C=O) groups is 1. The molecule has 4 rings (SSSR count). The number of nitrogens with zero attached hydrogens (tertiary/aromatic N) is 2. The average molecular weight is 459 g/mol. The van der Waals surface area contributed by atoms with Gasteiger partial charge in [0.1, 0.15) is 0 Å². The summed E-state index contributed by atoms with van der Waals surface area (Å²) in [6, 6.07) is 12.3. The smallest absolute Gasteiger partial charge is 0.233 e. The summed E-state index contributed by atoms with van der Waals surface area (Å²) in [5, 5.41) is 0.749. The van der Waals surface area contributed by atoms with E-state index in [-0.39, 0.29) is 12.0 Å². The number of anilines is 1. The highest BCUT2D eigenvalue weighted by atomic mass is 79.9. The van der Waals surface area contributed by atoms with E-state index in [1.54, 1.807) is 11.3 Å². The third-order valence-corrected chi connectivity index (χ3v) is 6.66. The SMILES string of the molecule is Cc1ccc(C)c(CC(=O)N(CC2CCCO2)c2nc3ccc(Br)cc3s2)c1. The Morgan fingerprint density at radius 1 is 1.29 bits per heavy atom. The average Bonchev–Trinajstić information content (AvgIpc) is 3.31. The van der Waals surface area contributed by atoms with Gasteiger partial charge in [-0.25, -0.2) is 4.98 Å². The van der Waals surface area contributed by atoms with Crippen LogP contribution in [0.1, 0.15) is 29.5 Å². The van der Waals surface area contributed by atoms with Crippen LogP contribution in [-0.4, -0.2) is 30.1 Å². The quantitative estimate of drug-likeness (QED) is 0.511. The number of halogens is 1. The number of ether oxygens (including phenoxy) is 1. The molecule has 0 N–H and O–H groups in total. The van der Waals surface area contributed by atoms with Gasteiger partial charge in [-0.2, -0.15) is 0 Å². The minimum atomic E-state index is 0.0716. The van der Waals surface area contributed by atoms with Crippen molar-refractivity contribution in [2.24, 2.45) is 0 Å². The predicted molar refractivity (Wildman–Crippen MR) is 118 cm³/mol. The summed E-state index contributed by atoms with van der Waals surface area (Å²) in [6.07, 6.45) is 2.50. The molecule has 1 aliphatic heterocycles. The van der Waals surface area contributed by atoms with Crippen molar-refractivity contribution in [1.29, 1.82) is 0 Å². The predicted octanol–water partition coefficient (Wildman–Crippen LogP) is 5.43. The number of hydrogen-bond acceptors (Lipinski definition) is 4. The monoisotopic (exact) mass is 458 g/mol. The number of thiazole rings is 1. The summed E-state index contributed by atoms with van der Waals surface area (Å²) >= 11 is 5.07. The lowest BCUT2D eigenvalue weighted by atomic mass is 10.0. The van der Waals surface area contributed by atoms with Crippen LogP contribution in [0.15, 0.2) is 40.9 Å². The molecular formula is C22H23BrN2O2S. The minimum absolute atomic E-state index is 0.0716. The minimum Gasteiger partial charge on any atom is -0.376 e. The van der Waals surface area contributed by atoms with E-state index >= 15 is 0 Å². The number of aromatic nitrogens is 1. The van der Waals surface area contributed by atoms with Crippen molar-refractivity contribution in [1.82, 2.24) is 4.98 Å². The van der Waals surface area contributed by atoms with Gasteiger partial charge in [-0.15, -0.1) is 0 Å². The molecule has 0 saturated carbocycles. The van der Waals surface area contributed by atoms with E-state index in [1.165, 1.54) is 5.56 Å². The molecule has 28 heavy (non-hydrogen) atoms. The molecule has 146 valence electrons. The topological polar surface area (TPSA) is 42.4 Å². The molecule has 0 bridgehead atoms. The number of aryl methyl sites for hydroxylation is 2. The van der Waals surface area contributed by atoms with Gasteiger partial charge in [0, 0.05) is 11.1 Å². The zero-order chi connectivity index (χ0) is 19.7. The maximum atomic E-state index is 13.3. The fourth-order valence-corrected chi connectivity index (χ4v) is 5.07. The van der Waals surface area contributed by atoms with Crippen molar-refractivity contribution < 1.29 is 9.53 Å². The molecule has 1 saturated heterocycles. The number of benzene rings is 2. The summed E-state index contributed by atoms with van der Waals surface area (Å²) in [5.41, 5.74) is 4.31. The molecule has 1 amide bonds. The fraction of sp³-hybridized carbons (Fsp3) is 0.364. The maximum Gasteiger partial charge on any atom is 0.233 e. The lowest BCUT2D eigenvalue weighted by molar-refractivity contribution is -0.118. The van der Waals surface area contributed by atoms with E-state index in [0.29, 0.717) is 13.0 Å². The molecule has 1 unspecified atom stereocenters. The van der Waals surface area contributed by atoms with Gasteiger partial charge in [0.25, 0.3) is 0 Å². The highest BCUT2D eigenvalue weighted by Crippen LogP contribution is 2.32. The molecule has 0 radical (unpaired) electrons. The first-order chi connectivity index (χ1) is 13.5. The lowest BCUT2D eigenvalue weighted by Crippen LogP contribution is -2.38. The Bertz CT molecular complexity index is 1010. The summed E-state index contributed by atoms with van der Waals surface area (Å²) in [5.74, 6) is 0.0716. The highest BCUT2D eigenvalue weighted by molar-refractivity contribution is 9.10. The molecule has 1 aromatic heterocycles. The fourth-order valence-electron chi connectivity index (χ4n) is 3.53. The van der Waals surface area contributed by atoms with Crippen LogP contribution >= 0.6 is 27.3 Å². The Kier molecular flexibility index (Phi) is 5.80. The van der Waals surface area contributed by atoms with E-state index < -0.39 is 0 Å². The molecule has 6 heteroatoms. The molecule has 2 aromatic carbocycles. The Hall–Kier alpha value is -1.76. The van der Waals surface area contributed by atoms with Crippen molar-refractivity contribution in [3.8, 4) is 0 Å². The van der Waals surface area contributed by atoms with Crippen molar-refractivity contribution in [2.45, 2.75) is 39.2 Å². The van der Waals surface area contributed by atoms with Gasteiger partial charge in [-0.3, -0.25) is 9.69 Å². The molecule has 4 nitrogen and oxygen atoms in total. The third kappa shape index (κ3) is 4.29. The largest absolute Gasteiger partial charge is 0.376 e. The zero-order valence-electron chi connectivity index (χ0n) is 16.1. The second-order valence-electron chi connectivity index (χ2n) is 7.35. The molecule has 1 aliphatic rings. The van der Waals surface area contributed by atoms with Crippen molar-refractivity contribution in [3.05, 3.63) is 57.6 Å². The first kappa shape index (κ1) is 19.6. The Morgan fingerprint density at radius 3 is 2.93 bits per heavy atom. The van der Waals surface area contributed by atoms with Crippen LogP contribution in [0.3, 0.4) is 0 Å². The Labute approximate surface area is 177 Å². The highest BCUT2D eigenvalue weighted by Gasteiger charge is 2.26. The van der Waals surface area contributed by atoms with E-state index in [9.17, 15) is 4.79 Å². The molecule has 0 aliphatic carbocycles. The molecule has 0 spiro atoms. The molecule has 2 heterocycles. The molecule has 1 fully saturated rings. The lowest BCUT2D eigenvalue weighted by Gasteiger charge is -2.23. The third-order valence-electron chi connectivity index (χ3n) is 5.13. The second kappa shape index (κ2) is 8.31. The maximum absolute atomic E-state index is 13.3. The van der Waals surface area contributed by atoms with E-state index in [1.807, 2.05) is 17.0 Å². The van der Waals surface area contributed by atoms with Crippen LogP contribution in [0, 0.1) is 13.8 Å². The Morgan fingerprint density at radius 2 is 2.14 bits per heavy atom. The Balaban J connectivity index is 1.65. The number of amides is 1. The van der Waals surface area contributed by atoms with E-state index in [4.69, 9.17) is 9.72 Å². The summed E-state index contributed by atoms with van der Waals surface area (Å²) in [4.78, 5) is 19.9. The van der Waals surface area contributed by atoms with Gasteiger partial charge in [0.05, 0.1) is 29.3 Å². The summed E-state index contributed by atoms with van der Waals surface area (Å²) in [6.45, 7) is 5.45. The van der Waals surface area contributed by atoms with Gasteiger partial charge in [-0.1, -0.05) is 51.0 Å². The van der Waals surface area contributed by atoms with Crippen LogP contribution in [0.2, 0.25) is 0 Å². The molecule has 3 aromatic rings. The van der Waals surface area contributed by atoms with Crippen LogP contribution < -0.4 is 4.90 Å². The van der Waals surface area contributed by atoms with Crippen molar-refractivity contribution in [3.63, 3.8) is 0 Å². The van der Waals surface area contributed by atoms with Crippen LogP contribution in [-0.2, 0) is 16.0 Å². The molecule has 1 atom stereocenters. The zero-order valence-corrected chi connectivity index (χ0v) is 18.5. The van der Waals surface area contributed by atoms with Crippen LogP contribution in [0.5, 0.6) is 0 Å². The van der Waals surface area contributed by atoms with E-state index in [0.717, 1.165) is 50.4 Å². The first-order valence-corrected chi connectivity index (χ1v) is 11.1. The van der Waals surface area contributed by atoms with Gasteiger partial charge < -0.3 is 4.74 Å². The van der Waals surface area contributed by atoms with Gasteiger partial charge in [-0.05, 0) is 56.0 Å². The number of hydrogen-bond donors (Lipinski definition) is 0. The molecular weight excluding hydrogens is 436 g/mol. The van der Waals surface area contributed by atoms with Gasteiger partial charge in [0.15, 0.2) is 5.13 Å². The summed E-state index contributed by atoms with van der Waals surface area (Å²) in [7, 11) is 0.